The molecule has 1 aromatic heterocycles. The van der Waals surface area contributed by atoms with Crippen LogP contribution >= 0.6 is 11.6 Å². The SMILES string of the molecule is Clc1ccc(-n2c3cc(=NC4CCOCC4)c(Nc4cccnc4)cc-3nc3c2=CCCC=3)cc1. The molecule has 7 heteroatoms. The monoisotopic (exact) mass is 483 g/mol. The van der Waals surface area contributed by atoms with E-state index in [1.807, 2.05) is 30.5 Å². The van der Waals surface area contributed by atoms with E-state index in [0.717, 1.165) is 88.4 Å². The summed E-state index contributed by atoms with van der Waals surface area (Å²) >= 11 is 6.22. The molecule has 1 N–H and O–H groups in total. The van der Waals surface area contributed by atoms with E-state index in [0.29, 0.717) is 0 Å². The van der Waals surface area contributed by atoms with Crippen LogP contribution in [0.15, 0.2) is 65.9 Å². The second kappa shape index (κ2) is 9.64. The van der Waals surface area contributed by atoms with E-state index in [1.165, 1.54) is 0 Å². The Morgan fingerprint density at radius 2 is 1.86 bits per heavy atom. The number of hydrogen-bond donors (Lipinski definition) is 1. The number of halogens is 1. The van der Waals surface area contributed by atoms with E-state index in [-0.39, 0.29) is 6.04 Å². The summed E-state index contributed by atoms with van der Waals surface area (Å²) in [6.45, 7) is 1.50. The molecule has 2 aliphatic heterocycles. The van der Waals surface area contributed by atoms with Gasteiger partial charge in [-0.1, -0.05) is 23.8 Å². The second-order valence-electron chi connectivity index (χ2n) is 8.88. The molecule has 176 valence electrons. The molecule has 1 fully saturated rings. The number of pyridine rings is 1. The van der Waals surface area contributed by atoms with Gasteiger partial charge in [-0.3, -0.25) is 9.98 Å². The first-order valence-electron chi connectivity index (χ1n) is 12.1. The molecule has 3 heterocycles. The zero-order valence-electron chi connectivity index (χ0n) is 19.3. The number of nitrogens with zero attached hydrogens (tertiary/aromatic N) is 4. The van der Waals surface area contributed by atoms with E-state index in [2.05, 4.69) is 51.3 Å². The zero-order chi connectivity index (χ0) is 23.6. The number of aromatic nitrogens is 3. The number of fused-ring (bicyclic) bond motifs is 2. The first-order valence-corrected chi connectivity index (χ1v) is 12.4. The molecule has 1 aromatic carbocycles. The van der Waals surface area contributed by atoms with Crippen LogP contribution in [0.1, 0.15) is 25.7 Å². The molecule has 0 unspecified atom stereocenters. The number of benzene rings is 2. The quantitative estimate of drug-likeness (QED) is 0.472. The average molecular weight is 484 g/mol. The van der Waals surface area contributed by atoms with Crippen LogP contribution in [0, 0.1) is 0 Å². The maximum Gasteiger partial charge on any atom is 0.0900 e. The van der Waals surface area contributed by atoms with Crippen molar-refractivity contribution >= 4 is 35.1 Å². The molecule has 6 rings (SSSR count). The van der Waals surface area contributed by atoms with E-state index in [9.17, 15) is 0 Å². The van der Waals surface area contributed by atoms with Crippen LogP contribution in [0.3, 0.4) is 0 Å². The van der Waals surface area contributed by atoms with Crippen LogP contribution in [0.2, 0.25) is 5.02 Å². The maximum atomic E-state index is 6.22. The largest absolute Gasteiger partial charge is 0.381 e. The lowest BCUT2D eigenvalue weighted by atomic mass is 10.1. The number of nitrogens with one attached hydrogen (secondary N) is 1. The van der Waals surface area contributed by atoms with Gasteiger partial charge in [0.1, 0.15) is 0 Å². The summed E-state index contributed by atoms with van der Waals surface area (Å²) in [4.78, 5) is 14.5. The third-order valence-electron chi connectivity index (χ3n) is 6.46. The predicted molar refractivity (Wildman–Crippen MR) is 140 cm³/mol. The Hall–Kier alpha value is -3.48. The lowest BCUT2D eigenvalue weighted by Crippen LogP contribution is -2.40. The molecule has 2 aromatic rings. The smallest absolute Gasteiger partial charge is 0.0900 e. The van der Waals surface area contributed by atoms with Crippen molar-refractivity contribution in [1.82, 2.24) is 14.5 Å². The van der Waals surface area contributed by atoms with Gasteiger partial charge in [0.15, 0.2) is 0 Å². The van der Waals surface area contributed by atoms with Crippen molar-refractivity contribution in [1.29, 1.82) is 0 Å². The van der Waals surface area contributed by atoms with Gasteiger partial charge < -0.3 is 14.6 Å². The fourth-order valence-corrected chi connectivity index (χ4v) is 4.86. The molecule has 6 nitrogen and oxygen atoms in total. The Bertz CT molecular complexity index is 1510. The summed E-state index contributed by atoms with van der Waals surface area (Å²) in [6, 6.07) is 16.4. The van der Waals surface area contributed by atoms with E-state index in [4.69, 9.17) is 26.3 Å². The summed E-state index contributed by atoms with van der Waals surface area (Å²) in [5, 5.41) is 7.27. The number of anilines is 2. The summed E-state index contributed by atoms with van der Waals surface area (Å²) in [5.41, 5.74) is 4.81. The minimum Gasteiger partial charge on any atom is -0.381 e. The van der Waals surface area contributed by atoms with Gasteiger partial charge in [0.05, 0.1) is 51.1 Å². The predicted octanol–water partition coefficient (Wildman–Crippen LogP) is 4.20. The number of hydrogen-bond acceptors (Lipinski definition) is 5. The molecule has 0 saturated carbocycles. The minimum atomic E-state index is 0.227. The standard InChI is InChI=1S/C28H26ClN5O/c29-19-7-9-22(10-8-19)34-27-6-2-1-5-23(27)33-26-16-24(32-21-4-3-13-30-18-21)25(17-28(26)34)31-20-11-14-35-15-12-20/h3-10,13,16-18,20,32H,1-2,11-12,14-15H2. The Morgan fingerprint density at radius 1 is 1.03 bits per heavy atom. The lowest BCUT2D eigenvalue weighted by molar-refractivity contribution is 0.0864. The Morgan fingerprint density at radius 3 is 2.66 bits per heavy atom. The van der Waals surface area contributed by atoms with E-state index >= 15 is 0 Å². The molecular formula is C28H26ClN5O. The highest BCUT2D eigenvalue weighted by Crippen LogP contribution is 2.24. The van der Waals surface area contributed by atoms with Gasteiger partial charge >= 0.3 is 0 Å². The molecule has 0 amide bonds. The van der Waals surface area contributed by atoms with Crippen molar-refractivity contribution < 1.29 is 4.74 Å². The van der Waals surface area contributed by atoms with Gasteiger partial charge in [-0.05, 0) is 74.2 Å². The molecule has 35 heavy (non-hydrogen) atoms. The number of rotatable bonds is 4. The second-order valence-corrected chi connectivity index (χ2v) is 9.31. The fourth-order valence-electron chi connectivity index (χ4n) is 4.73. The minimum absolute atomic E-state index is 0.227. The highest BCUT2D eigenvalue weighted by atomic mass is 35.5. The molecular weight excluding hydrogens is 458 g/mol. The fraction of sp³-hybridized carbons (Fsp3) is 0.250. The van der Waals surface area contributed by atoms with Crippen LogP contribution in [0.5, 0.6) is 0 Å². The molecule has 0 atom stereocenters. The summed E-state index contributed by atoms with van der Waals surface area (Å²) in [7, 11) is 0. The molecule has 0 spiro atoms. The van der Waals surface area contributed by atoms with Gasteiger partial charge in [0, 0.05) is 30.1 Å². The Balaban J connectivity index is 1.62. The van der Waals surface area contributed by atoms with Crippen molar-refractivity contribution in [3.63, 3.8) is 0 Å². The van der Waals surface area contributed by atoms with Gasteiger partial charge in [-0.15, -0.1) is 0 Å². The molecule has 1 saturated heterocycles. The van der Waals surface area contributed by atoms with E-state index < -0.39 is 0 Å². The Labute approximate surface area is 208 Å². The third-order valence-corrected chi connectivity index (χ3v) is 6.71. The van der Waals surface area contributed by atoms with Crippen LogP contribution in [0.4, 0.5) is 11.4 Å². The first-order chi connectivity index (χ1) is 17.2. The maximum absolute atomic E-state index is 6.22. The highest BCUT2D eigenvalue weighted by Gasteiger charge is 2.18. The Kier molecular flexibility index (Phi) is 6.06. The van der Waals surface area contributed by atoms with Crippen LogP contribution in [0.25, 0.3) is 29.2 Å². The van der Waals surface area contributed by atoms with Gasteiger partial charge in [-0.25, -0.2) is 4.98 Å². The molecule has 0 bridgehead atoms. The summed E-state index contributed by atoms with van der Waals surface area (Å²) in [6.07, 6.45) is 11.9. The zero-order valence-corrected chi connectivity index (χ0v) is 20.1. The lowest BCUT2D eigenvalue weighted by Gasteiger charge is -2.21. The topological polar surface area (TPSA) is 64.3 Å². The van der Waals surface area contributed by atoms with Crippen LogP contribution in [-0.4, -0.2) is 33.8 Å². The average Bonchev–Trinajstić information content (AvgIpc) is 2.90. The molecule has 0 radical (unpaired) electrons. The summed E-state index contributed by atoms with van der Waals surface area (Å²) < 4.78 is 7.84. The van der Waals surface area contributed by atoms with Gasteiger partial charge in [-0.2, -0.15) is 0 Å². The van der Waals surface area contributed by atoms with Crippen molar-refractivity contribution in [2.75, 3.05) is 18.5 Å². The summed E-state index contributed by atoms with van der Waals surface area (Å²) in [5.74, 6) is 0. The van der Waals surface area contributed by atoms with Crippen molar-refractivity contribution in [3.05, 3.63) is 82.0 Å². The van der Waals surface area contributed by atoms with Gasteiger partial charge in [0.2, 0.25) is 0 Å². The number of ether oxygens (including phenoxy) is 1. The highest BCUT2D eigenvalue weighted by molar-refractivity contribution is 6.30. The van der Waals surface area contributed by atoms with Crippen molar-refractivity contribution in [3.8, 4) is 17.1 Å². The normalized spacial score (nSPS) is 16.4. The van der Waals surface area contributed by atoms with E-state index in [1.54, 1.807) is 6.20 Å². The molecule has 2 aliphatic carbocycles. The van der Waals surface area contributed by atoms with Gasteiger partial charge in [0.25, 0.3) is 0 Å². The van der Waals surface area contributed by atoms with Crippen LogP contribution in [-0.2, 0) is 4.74 Å². The first kappa shape index (κ1) is 22.0. The third kappa shape index (κ3) is 4.59. The van der Waals surface area contributed by atoms with Crippen LogP contribution < -0.4 is 21.4 Å². The van der Waals surface area contributed by atoms with Crippen molar-refractivity contribution in [2.45, 2.75) is 31.7 Å². The molecule has 4 aliphatic rings. The van der Waals surface area contributed by atoms with Crippen molar-refractivity contribution in [2.24, 2.45) is 4.99 Å².